The molecule has 0 saturated heterocycles. The van der Waals surface area contributed by atoms with Gasteiger partial charge >= 0.3 is 5.91 Å². The summed E-state index contributed by atoms with van der Waals surface area (Å²) in [6.07, 6.45) is 3.21. The third-order valence-electron chi connectivity index (χ3n) is 3.15. The van der Waals surface area contributed by atoms with Gasteiger partial charge in [-0.25, -0.2) is 0 Å². The van der Waals surface area contributed by atoms with Crippen molar-refractivity contribution in [1.82, 2.24) is 4.90 Å². The number of nitrogens with zero attached hydrogens (tertiary/aromatic N) is 2. The van der Waals surface area contributed by atoms with E-state index in [-0.39, 0.29) is 0 Å². The molecule has 1 aromatic rings. The Kier molecular flexibility index (Phi) is 4.27. The highest BCUT2D eigenvalue weighted by atomic mass is 32.2. The highest BCUT2D eigenvalue weighted by Gasteiger charge is 2.11. The van der Waals surface area contributed by atoms with Crippen molar-refractivity contribution in [2.75, 3.05) is 19.3 Å². The van der Waals surface area contributed by atoms with Crippen molar-refractivity contribution in [3.8, 4) is 6.07 Å². The van der Waals surface area contributed by atoms with E-state index in [9.17, 15) is 4.79 Å². The predicted octanol–water partition coefficient (Wildman–Crippen LogP) is 2.25. The third-order valence-corrected chi connectivity index (χ3v) is 4.35. The van der Waals surface area contributed by atoms with Crippen LogP contribution in [0.25, 0.3) is 0 Å². The van der Waals surface area contributed by atoms with Crippen molar-refractivity contribution in [1.29, 1.82) is 5.26 Å². The Bertz CT molecular complexity index is 493. The maximum absolute atomic E-state index is 11.1. The van der Waals surface area contributed by atoms with Gasteiger partial charge in [0.15, 0.2) is 6.07 Å². The van der Waals surface area contributed by atoms with Crippen molar-refractivity contribution in [2.45, 2.75) is 24.2 Å². The summed E-state index contributed by atoms with van der Waals surface area (Å²) in [5, 5.41) is 8.52. The molecule has 0 aromatic heterocycles. The van der Waals surface area contributed by atoms with E-state index in [0.717, 1.165) is 12.8 Å². The summed E-state index contributed by atoms with van der Waals surface area (Å²) in [6.45, 7) is 0.596. The van der Waals surface area contributed by atoms with Crippen LogP contribution >= 0.6 is 11.8 Å². The normalized spacial score (nSPS) is 13.6. The fraction of sp³-hybridized carbons (Fsp3) is 0.429. The van der Waals surface area contributed by atoms with Gasteiger partial charge in [0.25, 0.3) is 0 Å². The van der Waals surface area contributed by atoms with Crippen molar-refractivity contribution in [2.24, 2.45) is 0 Å². The van der Waals surface area contributed by atoms with E-state index in [1.165, 1.54) is 33.1 Å². The van der Waals surface area contributed by atoms with E-state index in [2.05, 4.69) is 18.2 Å². The van der Waals surface area contributed by atoms with Crippen LogP contribution < -0.4 is 0 Å². The van der Waals surface area contributed by atoms with E-state index >= 15 is 0 Å². The highest BCUT2D eigenvalue weighted by molar-refractivity contribution is 7.99. The number of thioether (sulfide) groups is 1. The molecule has 94 valence electrons. The van der Waals surface area contributed by atoms with Gasteiger partial charge in [-0.1, -0.05) is 12.1 Å². The molecular weight excluding hydrogens is 244 g/mol. The fourth-order valence-corrected chi connectivity index (χ4v) is 3.07. The Morgan fingerprint density at radius 1 is 1.56 bits per heavy atom. The molecule has 1 aromatic carbocycles. The van der Waals surface area contributed by atoms with Crippen LogP contribution in [0.5, 0.6) is 0 Å². The lowest BCUT2D eigenvalue weighted by Gasteiger charge is -2.17. The van der Waals surface area contributed by atoms with E-state index in [1.807, 2.05) is 11.8 Å². The summed E-state index contributed by atoms with van der Waals surface area (Å²) in [7, 11) is 1.67. The minimum atomic E-state index is -0.469. The second-order valence-electron chi connectivity index (χ2n) is 4.48. The van der Waals surface area contributed by atoms with Crippen LogP contribution in [0.3, 0.4) is 0 Å². The van der Waals surface area contributed by atoms with Crippen LogP contribution in [0, 0.1) is 11.3 Å². The number of rotatable bonds is 3. The fourth-order valence-electron chi connectivity index (χ4n) is 2.05. The minimum absolute atomic E-state index is 0.469. The maximum atomic E-state index is 11.1. The summed E-state index contributed by atoms with van der Waals surface area (Å²) >= 11 is 1.92. The molecule has 1 aliphatic heterocycles. The molecule has 4 heteroatoms. The lowest BCUT2D eigenvalue weighted by atomic mass is 10.0. The number of nitriles is 1. The van der Waals surface area contributed by atoms with Crippen molar-refractivity contribution in [3.05, 3.63) is 29.3 Å². The Balaban J connectivity index is 1.98. The SMILES string of the molecule is CN(CCc1ccc2c(c1)CCCS2)C(=O)C#N. The molecular formula is C14H16N2OS. The summed E-state index contributed by atoms with van der Waals surface area (Å²) in [5.41, 5.74) is 2.67. The molecule has 1 aliphatic rings. The maximum Gasteiger partial charge on any atom is 0.324 e. The average Bonchev–Trinajstić information content (AvgIpc) is 2.43. The number of carbonyl (C=O) groups is 1. The van der Waals surface area contributed by atoms with Crippen LogP contribution in [0.2, 0.25) is 0 Å². The Morgan fingerprint density at radius 3 is 3.17 bits per heavy atom. The molecule has 1 amide bonds. The standard InChI is InChI=1S/C14H16N2OS/c1-16(14(17)10-15)7-6-11-4-5-13-12(9-11)3-2-8-18-13/h4-5,9H,2-3,6-8H2,1H3. The molecule has 1 heterocycles. The lowest BCUT2D eigenvalue weighted by molar-refractivity contribution is -0.124. The molecule has 0 N–H and O–H groups in total. The lowest BCUT2D eigenvalue weighted by Crippen LogP contribution is -2.27. The van der Waals surface area contributed by atoms with Gasteiger partial charge in [0.2, 0.25) is 0 Å². The quantitative estimate of drug-likeness (QED) is 0.783. The molecule has 0 saturated carbocycles. The van der Waals surface area contributed by atoms with Crippen molar-refractivity contribution in [3.63, 3.8) is 0 Å². The van der Waals surface area contributed by atoms with E-state index in [4.69, 9.17) is 5.26 Å². The summed E-state index contributed by atoms with van der Waals surface area (Å²) in [6, 6.07) is 8.18. The molecule has 0 unspecified atom stereocenters. The highest BCUT2D eigenvalue weighted by Crippen LogP contribution is 2.30. The molecule has 0 radical (unpaired) electrons. The van der Waals surface area contributed by atoms with E-state index < -0.39 is 5.91 Å². The number of carbonyl (C=O) groups excluding carboxylic acids is 1. The smallest absolute Gasteiger partial charge is 0.324 e. The van der Waals surface area contributed by atoms with Gasteiger partial charge in [0.05, 0.1) is 0 Å². The zero-order valence-electron chi connectivity index (χ0n) is 10.5. The number of fused-ring (bicyclic) bond motifs is 1. The number of hydrogen-bond acceptors (Lipinski definition) is 3. The number of benzene rings is 1. The number of aryl methyl sites for hydroxylation is 1. The van der Waals surface area contributed by atoms with Crippen LogP contribution in [0.1, 0.15) is 17.5 Å². The van der Waals surface area contributed by atoms with Gasteiger partial charge in [-0.05, 0) is 42.2 Å². The predicted molar refractivity (Wildman–Crippen MR) is 72.4 cm³/mol. The third kappa shape index (κ3) is 3.05. The van der Waals surface area contributed by atoms with Gasteiger partial charge in [0, 0.05) is 18.5 Å². The van der Waals surface area contributed by atoms with Gasteiger partial charge in [-0.15, -0.1) is 11.8 Å². The first-order valence-electron chi connectivity index (χ1n) is 6.10. The van der Waals surface area contributed by atoms with Gasteiger partial charge < -0.3 is 4.90 Å². The van der Waals surface area contributed by atoms with Crippen LogP contribution in [-0.2, 0) is 17.6 Å². The molecule has 0 fully saturated rings. The first-order valence-corrected chi connectivity index (χ1v) is 7.09. The Morgan fingerprint density at radius 2 is 2.39 bits per heavy atom. The number of likely N-dealkylation sites (N-methyl/N-ethyl adjacent to an activating group) is 1. The second kappa shape index (κ2) is 5.92. The molecule has 2 rings (SSSR count). The monoisotopic (exact) mass is 260 g/mol. The minimum Gasteiger partial charge on any atom is -0.333 e. The van der Waals surface area contributed by atoms with E-state index in [0.29, 0.717) is 6.54 Å². The Hall–Kier alpha value is -1.47. The first-order chi connectivity index (χ1) is 8.70. The largest absolute Gasteiger partial charge is 0.333 e. The van der Waals surface area contributed by atoms with Crippen LogP contribution in [0.4, 0.5) is 0 Å². The molecule has 0 atom stereocenters. The van der Waals surface area contributed by atoms with Gasteiger partial charge in [0.1, 0.15) is 0 Å². The van der Waals surface area contributed by atoms with Gasteiger partial charge in [-0.3, -0.25) is 4.79 Å². The summed E-state index contributed by atoms with van der Waals surface area (Å²) in [4.78, 5) is 14.0. The zero-order valence-corrected chi connectivity index (χ0v) is 11.3. The number of hydrogen-bond donors (Lipinski definition) is 0. The number of amides is 1. The molecule has 0 bridgehead atoms. The average molecular weight is 260 g/mol. The zero-order chi connectivity index (χ0) is 13.0. The second-order valence-corrected chi connectivity index (χ2v) is 5.62. The van der Waals surface area contributed by atoms with Gasteiger partial charge in [-0.2, -0.15) is 5.26 Å². The Labute approximate surface area is 112 Å². The molecule has 0 aliphatic carbocycles. The van der Waals surface area contributed by atoms with Crippen molar-refractivity contribution < 1.29 is 4.79 Å². The van der Waals surface area contributed by atoms with Crippen LogP contribution in [-0.4, -0.2) is 30.2 Å². The van der Waals surface area contributed by atoms with E-state index in [1.54, 1.807) is 13.1 Å². The molecule has 0 spiro atoms. The molecule has 3 nitrogen and oxygen atoms in total. The van der Waals surface area contributed by atoms with Crippen LogP contribution in [0.15, 0.2) is 23.1 Å². The topological polar surface area (TPSA) is 44.1 Å². The van der Waals surface area contributed by atoms with Crippen molar-refractivity contribution >= 4 is 17.7 Å². The first kappa shape index (κ1) is 13.0. The molecule has 18 heavy (non-hydrogen) atoms. The summed E-state index contributed by atoms with van der Waals surface area (Å²) in [5.74, 6) is 0.745. The summed E-state index contributed by atoms with van der Waals surface area (Å²) < 4.78 is 0.